The Morgan fingerprint density at radius 3 is 2.12 bits per heavy atom. The number of hydrogen-bond acceptors (Lipinski definition) is 1. The Morgan fingerprint density at radius 1 is 1.06 bits per heavy atom. The van der Waals surface area contributed by atoms with E-state index >= 15 is 0 Å². The Kier molecular flexibility index (Phi) is 8.75. The van der Waals surface area contributed by atoms with E-state index in [0.29, 0.717) is 0 Å². The zero-order valence-electron chi connectivity index (χ0n) is 12.2. The highest BCUT2D eigenvalue weighted by Crippen LogP contribution is 2.14. The Bertz CT molecular complexity index is 253. The monoisotopic (exact) mass is 259 g/mol. The summed E-state index contributed by atoms with van der Waals surface area (Å²) in [5.74, 6) is 0. The first kappa shape index (κ1) is 16.8. The lowest BCUT2D eigenvalue weighted by Gasteiger charge is -2.14. The summed E-state index contributed by atoms with van der Waals surface area (Å²) in [6, 6.07) is 0. The van der Waals surface area contributed by atoms with Gasteiger partial charge in [-0.3, -0.25) is 0 Å². The minimum Gasteiger partial charge on any atom is -0.234 e. The predicted octanol–water partition coefficient (Wildman–Crippen LogP) is 4.66. The van der Waals surface area contributed by atoms with Gasteiger partial charge in [0.1, 0.15) is 11.0 Å². The molecule has 1 unspecified atom stereocenters. The molecule has 0 aliphatic rings. The van der Waals surface area contributed by atoms with Gasteiger partial charge in [0.15, 0.2) is 0 Å². The molecular formula is C14H29NOS. The third kappa shape index (κ3) is 9.51. The molecule has 3 heteroatoms. The zero-order valence-corrected chi connectivity index (χ0v) is 13.0. The van der Waals surface area contributed by atoms with Crippen molar-refractivity contribution in [2.24, 2.45) is 4.40 Å². The maximum Gasteiger partial charge on any atom is 0.144 e. The van der Waals surface area contributed by atoms with Gasteiger partial charge < -0.3 is 0 Å². The molecule has 0 aromatic rings. The van der Waals surface area contributed by atoms with E-state index < -0.39 is 11.0 Å². The van der Waals surface area contributed by atoms with E-state index in [1.165, 1.54) is 38.5 Å². The van der Waals surface area contributed by atoms with Crippen LogP contribution in [0.15, 0.2) is 4.40 Å². The van der Waals surface area contributed by atoms with Crippen LogP contribution >= 0.6 is 0 Å². The molecule has 1 atom stereocenters. The maximum absolute atomic E-state index is 11.8. The van der Waals surface area contributed by atoms with Crippen molar-refractivity contribution in [2.75, 3.05) is 0 Å². The minimum atomic E-state index is -1.09. The fourth-order valence-electron chi connectivity index (χ4n) is 1.49. The zero-order chi connectivity index (χ0) is 13.3. The summed E-state index contributed by atoms with van der Waals surface area (Å²) in [6.45, 7) is 10.1. The second kappa shape index (κ2) is 8.84. The molecule has 0 amide bonds. The van der Waals surface area contributed by atoms with Gasteiger partial charge in [-0.2, -0.15) is 4.40 Å². The van der Waals surface area contributed by atoms with Gasteiger partial charge >= 0.3 is 0 Å². The van der Waals surface area contributed by atoms with Crippen LogP contribution in [0, 0.1) is 0 Å². The van der Waals surface area contributed by atoms with Crippen LogP contribution < -0.4 is 0 Å². The SMILES string of the molecule is CCCCCCCC/C(C)=N/S(=O)C(C)(C)C. The number of nitrogens with zero attached hydrogens (tertiary/aromatic N) is 1. The first-order chi connectivity index (χ1) is 7.88. The fourth-order valence-corrected chi connectivity index (χ4v) is 2.13. The van der Waals surface area contributed by atoms with Crippen LogP contribution in [0.4, 0.5) is 0 Å². The summed E-state index contributed by atoms with van der Waals surface area (Å²) < 4.78 is 15.8. The average molecular weight is 259 g/mol. The summed E-state index contributed by atoms with van der Waals surface area (Å²) in [4.78, 5) is 0. The molecule has 0 saturated heterocycles. The van der Waals surface area contributed by atoms with Crippen LogP contribution in [-0.2, 0) is 11.0 Å². The summed E-state index contributed by atoms with van der Waals surface area (Å²) in [6.07, 6.45) is 8.76. The molecule has 0 aliphatic heterocycles. The number of hydrogen-bond donors (Lipinski definition) is 0. The second-order valence-electron chi connectivity index (χ2n) is 5.71. The molecule has 0 heterocycles. The third-order valence-electron chi connectivity index (χ3n) is 2.65. The van der Waals surface area contributed by atoms with Crippen LogP contribution in [0.25, 0.3) is 0 Å². The van der Waals surface area contributed by atoms with E-state index in [2.05, 4.69) is 11.3 Å². The molecule has 0 aromatic heterocycles. The summed E-state index contributed by atoms with van der Waals surface area (Å²) in [5.41, 5.74) is 1.04. The molecular weight excluding hydrogens is 230 g/mol. The van der Waals surface area contributed by atoms with Crippen LogP contribution in [0.3, 0.4) is 0 Å². The highest BCUT2D eigenvalue weighted by atomic mass is 32.2. The van der Waals surface area contributed by atoms with E-state index in [9.17, 15) is 4.21 Å². The minimum absolute atomic E-state index is 0.234. The summed E-state index contributed by atoms with van der Waals surface area (Å²) in [5, 5.41) is 0. The van der Waals surface area contributed by atoms with Gasteiger partial charge in [-0.1, -0.05) is 39.0 Å². The van der Waals surface area contributed by atoms with Crippen molar-refractivity contribution >= 4 is 16.7 Å². The van der Waals surface area contributed by atoms with E-state index in [1.807, 2.05) is 27.7 Å². The predicted molar refractivity (Wildman–Crippen MR) is 79.0 cm³/mol. The molecule has 102 valence electrons. The van der Waals surface area contributed by atoms with E-state index in [4.69, 9.17) is 0 Å². The molecule has 0 bridgehead atoms. The lowest BCUT2D eigenvalue weighted by molar-refractivity contribution is 0.615. The van der Waals surface area contributed by atoms with Crippen LogP contribution in [0.2, 0.25) is 0 Å². The van der Waals surface area contributed by atoms with Gasteiger partial charge in [0.05, 0.1) is 4.75 Å². The Balaban J connectivity index is 3.75. The van der Waals surface area contributed by atoms with Crippen molar-refractivity contribution in [3.63, 3.8) is 0 Å². The molecule has 2 nitrogen and oxygen atoms in total. The van der Waals surface area contributed by atoms with Gasteiger partial charge in [-0.15, -0.1) is 0 Å². The Labute approximate surface area is 110 Å². The standard InChI is InChI=1S/C14H29NOS/c1-6-7-8-9-10-11-12-13(2)15-17(16)14(3,4)5/h6-12H2,1-5H3/b15-13+. The lowest BCUT2D eigenvalue weighted by atomic mass is 10.1. The molecule has 0 N–H and O–H groups in total. The van der Waals surface area contributed by atoms with Gasteiger partial charge in [0.2, 0.25) is 0 Å². The van der Waals surface area contributed by atoms with Gasteiger partial charge in [-0.05, 0) is 40.5 Å². The molecule has 0 radical (unpaired) electrons. The van der Waals surface area contributed by atoms with Gasteiger partial charge in [-0.25, -0.2) is 4.21 Å². The maximum atomic E-state index is 11.8. The summed E-state index contributed by atoms with van der Waals surface area (Å²) in [7, 11) is -1.09. The normalized spacial score (nSPS) is 15.0. The first-order valence-electron chi connectivity index (χ1n) is 6.84. The van der Waals surface area contributed by atoms with Gasteiger partial charge in [0.25, 0.3) is 0 Å². The van der Waals surface area contributed by atoms with E-state index in [0.717, 1.165) is 12.1 Å². The molecule has 0 spiro atoms. The van der Waals surface area contributed by atoms with Crippen LogP contribution in [0.1, 0.15) is 79.6 Å². The molecule has 17 heavy (non-hydrogen) atoms. The number of rotatable bonds is 8. The highest BCUT2D eigenvalue weighted by Gasteiger charge is 2.18. The molecule has 0 saturated carbocycles. The Hall–Kier alpha value is -0.180. The molecule has 0 fully saturated rings. The smallest absolute Gasteiger partial charge is 0.144 e. The molecule has 0 rings (SSSR count). The van der Waals surface area contributed by atoms with Crippen molar-refractivity contribution in [3.8, 4) is 0 Å². The lowest BCUT2D eigenvalue weighted by Crippen LogP contribution is -2.20. The fraction of sp³-hybridized carbons (Fsp3) is 0.929. The topological polar surface area (TPSA) is 29.4 Å². The average Bonchev–Trinajstić information content (AvgIpc) is 2.21. The quantitative estimate of drug-likeness (QED) is 0.460. The van der Waals surface area contributed by atoms with Crippen molar-refractivity contribution < 1.29 is 4.21 Å². The highest BCUT2D eigenvalue weighted by molar-refractivity contribution is 7.85. The van der Waals surface area contributed by atoms with E-state index in [1.54, 1.807) is 0 Å². The van der Waals surface area contributed by atoms with Crippen LogP contribution in [0.5, 0.6) is 0 Å². The Morgan fingerprint density at radius 2 is 1.59 bits per heavy atom. The van der Waals surface area contributed by atoms with E-state index in [-0.39, 0.29) is 4.75 Å². The van der Waals surface area contributed by atoms with Crippen molar-refractivity contribution in [1.29, 1.82) is 0 Å². The third-order valence-corrected chi connectivity index (χ3v) is 4.18. The molecule has 0 aromatic carbocycles. The largest absolute Gasteiger partial charge is 0.234 e. The number of unbranched alkanes of at least 4 members (excludes halogenated alkanes) is 5. The summed E-state index contributed by atoms with van der Waals surface area (Å²) >= 11 is 0. The first-order valence-corrected chi connectivity index (χ1v) is 7.94. The van der Waals surface area contributed by atoms with Crippen molar-refractivity contribution in [1.82, 2.24) is 0 Å². The van der Waals surface area contributed by atoms with Crippen molar-refractivity contribution in [3.05, 3.63) is 0 Å². The van der Waals surface area contributed by atoms with Crippen LogP contribution in [-0.4, -0.2) is 14.7 Å². The van der Waals surface area contributed by atoms with Gasteiger partial charge in [0, 0.05) is 5.71 Å². The van der Waals surface area contributed by atoms with Crippen molar-refractivity contribution in [2.45, 2.75) is 84.3 Å². The molecule has 0 aliphatic carbocycles. The second-order valence-corrected chi connectivity index (χ2v) is 7.61.